The molecule has 0 bridgehead atoms. The predicted molar refractivity (Wildman–Crippen MR) is 132 cm³/mol. The molecule has 12 heteroatoms. The highest BCUT2D eigenvalue weighted by Gasteiger charge is 2.48. The molecule has 3 aliphatic heterocycles. The maximum atomic E-state index is 14.8. The van der Waals surface area contributed by atoms with E-state index in [9.17, 15) is 13.9 Å². The molecule has 6 rings (SSSR count). The molecular formula is C26H28ClF2N3O6. The molecule has 2 aromatic heterocycles. The molecule has 3 saturated heterocycles. The highest BCUT2D eigenvalue weighted by atomic mass is 35.5. The van der Waals surface area contributed by atoms with Crippen LogP contribution in [0.2, 0.25) is 5.02 Å². The molecule has 38 heavy (non-hydrogen) atoms. The van der Waals surface area contributed by atoms with Gasteiger partial charge in [-0.3, -0.25) is 0 Å². The van der Waals surface area contributed by atoms with E-state index < -0.39 is 29.9 Å². The first-order valence-corrected chi connectivity index (χ1v) is 13.1. The number of fused-ring (bicyclic) bond motifs is 2. The second-order valence-corrected chi connectivity index (χ2v) is 10.3. The van der Waals surface area contributed by atoms with Gasteiger partial charge in [-0.05, 0) is 37.7 Å². The van der Waals surface area contributed by atoms with E-state index in [0.717, 1.165) is 12.8 Å². The van der Waals surface area contributed by atoms with E-state index in [1.807, 2.05) is 0 Å². The number of nitrogens with zero attached hydrogens (tertiary/aromatic N) is 2. The van der Waals surface area contributed by atoms with Crippen molar-refractivity contribution < 1.29 is 37.6 Å². The van der Waals surface area contributed by atoms with Crippen LogP contribution in [0.3, 0.4) is 0 Å². The van der Waals surface area contributed by atoms with Crippen molar-refractivity contribution >= 4 is 22.8 Å². The zero-order valence-electron chi connectivity index (χ0n) is 20.5. The SMILES string of the molecule is O[C@@H]1CO[C@H]2[C@@H]1OC[C@H]2Oc1nc2nc(CCc3c(F)cc(OCC4CCOCC4)cc3F)c(Cl)cc2[nH]1. The maximum absolute atomic E-state index is 14.8. The van der Waals surface area contributed by atoms with Gasteiger partial charge in [0.05, 0.1) is 36.1 Å². The summed E-state index contributed by atoms with van der Waals surface area (Å²) >= 11 is 6.42. The number of aliphatic hydroxyl groups is 1. The highest BCUT2D eigenvalue weighted by molar-refractivity contribution is 6.31. The average molecular weight is 552 g/mol. The topological polar surface area (TPSA) is 108 Å². The van der Waals surface area contributed by atoms with Crippen molar-refractivity contribution in [1.82, 2.24) is 15.0 Å². The van der Waals surface area contributed by atoms with Gasteiger partial charge in [-0.15, -0.1) is 0 Å². The van der Waals surface area contributed by atoms with Crippen molar-refractivity contribution in [1.29, 1.82) is 0 Å². The third-order valence-corrected chi connectivity index (χ3v) is 7.60. The third kappa shape index (κ3) is 5.30. The molecule has 3 aromatic rings. The molecule has 1 aromatic carbocycles. The van der Waals surface area contributed by atoms with Gasteiger partial charge in [0.25, 0.3) is 6.01 Å². The lowest BCUT2D eigenvalue weighted by Crippen LogP contribution is -2.34. The number of aliphatic hydroxyl groups excluding tert-OH is 1. The molecule has 0 aliphatic carbocycles. The Balaban J connectivity index is 1.10. The van der Waals surface area contributed by atoms with Gasteiger partial charge in [-0.1, -0.05) is 11.6 Å². The Kier molecular flexibility index (Phi) is 7.37. The molecule has 4 atom stereocenters. The molecule has 204 valence electrons. The molecule has 9 nitrogen and oxygen atoms in total. The molecule has 3 aliphatic rings. The van der Waals surface area contributed by atoms with Gasteiger partial charge in [-0.25, -0.2) is 13.8 Å². The van der Waals surface area contributed by atoms with Crippen molar-refractivity contribution in [2.45, 2.75) is 50.1 Å². The Morgan fingerprint density at radius 3 is 2.58 bits per heavy atom. The monoisotopic (exact) mass is 551 g/mol. The Bertz CT molecular complexity index is 1280. The number of ether oxygens (including phenoxy) is 5. The smallest absolute Gasteiger partial charge is 0.296 e. The lowest BCUT2D eigenvalue weighted by molar-refractivity contribution is 0.00706. The van der Waals surface area contributed by atoms with E-state index >= 15 is 0 Å². The lowest BCUT2D eigenvalue weighted by atomic mass is 10.0. The Morgan fingerprint density at radius 1 is 1.03 bits per heavy atom. The van der Waals surface area contributed by atoms with E-state index in [1.54, 1.807) is 6.07 Å². The van der Waals surface area contributed by atoms with Crippen LogP contribution in [0.5, 0.6) is 11.8 Å². The van der Waals surface area contributed by atoms with Crippen molar-refractivity contribution in [3.8, 4) is 11.8 Å². The number of benzene rings is 1. The van der Waals surface area contributed by atoms with E-state index in [1.165, 1.54) is 12.1 Å². The van der Waals surface area contributed by atoms with Gasteiger partial charge < -0.3 is 33.8 Å². The fourth-order valence-electron chi connectivity index (χ4n) is 5.12. The van der Waals surface area contributed by atoms with Crippen LogP contribution in [-0.2, 0) is 27.1 Å². The summed E-state index contributed by atoms with van der Waals surface area (Å²) in [6, 6.07) is 4.31. The van der Waals surface area contributed by atoms with Crippen LogP contribution in [0.25, 0.3) is 11.2 Å². The number of imidazole rings is 1. The summed E-state index contributed by atoms with van der Waals surface area (Å²) in [5.41, 5.74) is 1.32. The van der Waals surface area contributed by atoms with Gasteiger partial charge in [0.2, 0.25) is 0 Å². The molecule has 5 heterocycles. The number of hydrogen-bond donors (Lipinski definition) is 2. The van der Waals surface area contributed by atoms with Crippen LogP contribution in [0.1, 0.15) is 24.1 Å². The molecule has 0 amide bonds. The number of pyridine rings is 1. The molecule has 0 radical (unpaired) electrons. The summed E-state index contributed by atoms with van der Waals surface area (Å²) in [6.45, 7) is 2.23. The number of H-pyrrole nitrogens is 1. The van der Waals surface area contributed by atoms with Crippen molar-refractivity contribution in [2.24, 2.45) is 5.92 Å². The Morgan fingerprint density at radius 2 is 1.79 bits per heavy atom. The Hall–Kier alpha value is -2.57. The fraction of sp³-hybridized carbons (Fsp3) is 0.538. The van der Waals surface area contributed by atoms with Crippen molar-refractivity contribution in [3.63, 3.8) is 0 Å². The first-order chi connectivity index (χ1) is 18.4. The molecule has 3 fully saturated rings. The number of nitrogens with one attached hydrogen (secondary N) is 1. The second kappa shape index (κ2) is 10.9. The van der Waals surface area contributed by atoms with Crippen LogP contribution in [0, 0.1) is 17.6 Å². The summed E-state index contributed by atoms with van der Waals surface area (Å²) in [6.07, 6.45) is 0.112. The average Bonchev–Trinajstić information content (AvgIpc) is 3.59. The molecular weight excluding hydrogens is 524 g/mol. The van der Waals surface area contributed by atoms with Gasteiger partial charge in [0.1, 0.15) is 35.7 Å². The van der Waals surface area contributed by atoms with E-state index in [2.05, 4.69) is 15.0 Å². The van der Waals surface area contributed by atoms with Gasteiger partial charge in [0.15, 0.2) is 11.8 Å². The largest absolute Gasteiger partial charge is 0.493 e. The molecule has 0 unspecified atom stereocenters. The van der Waals surface area contributed by atoms with Gasteiger partial charge in [0, 0.05) is 30.9 Å². The first-order valence-electron chi connectivity index (χ1n) is 12.8. The highest BCUT2D eigenvalue weighted by Crippen LogP contribution is 2.31. The summed E-state index contributed by atoms with van der Waals surface area (Å²) < 4.78 is 57.6. The minimum Gasteiger partial charge on any atom is -0.493 e. The molecule has 0 spiro atoms. The normalized spacial score (nSPS) is 25.7. The minimum atomic E-state index is -0.678. The van der Waals surface area contributed by atoms with Crippen LogP contribution in [-0.4, -0.2) is 77.5 Å². The summed E-state index contributed by atoms with van der Waals surface area (Å²) in [5, 5.41) is 10.2. The van der Waals surface area contributed by atoms with Crippen LogP contribution in [0.4, 0.5) is 8.78 Å². The predicted octanol–water partition coefficient (Wildman–Crippen LogP) is 3.39. The van der Waals surface area contributed by atoms with Crippen LogP contribution < -0.4 is 9.47 Å². The van der Waals surface area contributed by atoms with E-state index in [-0.39, 0.29) is 49.5 Å². The first kappa shape index (κ1) is 25.7. The standard InChI is InChI=1S/C26H28ClF2N3O6/c27-16-9-20-25(32-26(31-20)38-22-12-37-23-21(33)11-36-24(22)23)30-19(16)2-1-15-17(28)7-14(8-18(15)29)35-10-13-3-5-34-6-4-13/h7-9,13,21-24,33H,1-6,10-12H2,(H,30,31,32)/t21-,22-,23-,24-/m1/s1. The van der Waals surface area contributed by atoms with Gasteiger partial charge in [-0.2, -0.15) is 4.98 Å². The number of aromatic nitrogens is 3. The summed E-state index contributed by atoms with van der Waals surface area (Å²) in [4.78, 5) is 11.9. The maximum Gasteiger partial charge on any atom is 0.296 e. The zero-order chi connectivity index (χ0) is 26.2. The van der Waals surface area contributed by atoms with E-state index in [4.69, 9.17) is 35.3 Å². The number of rotatable bonds is 8. The quantitative estimate of drug-likeness (QED) is 0.439. The van der Waals surface area contributed by atoms with Gasteiger partial charge >= 0.3 is 0 Å². The fourth-order valence-corrected chi connectivity index (χ4v) is 5.37. The molecule has 2 N–H and O–H groups in total. The van der Waals surface area contributed by atoms with Crippen molar-refractivity contribution in [2.75, 3.05) is 33.0 Å². The van der Waals surface area contributed by atoms with Crippen LogP contribution >= 0.6 is 11.6 Å². The third-order valence-electron chi connectivity index (χ3n) is 7.28. The summed E-state index contributed by atoms with van der Waals surface area (Å²) in [5.74, 6) is -0.849. The number of hydrogen-bond acceptors (Lipinski definition) is 8. The van der Waals surface area contributed by atoms with Crippen molar-refractivity contribution in [3.05, 3.63) is 46.1 Å². The summed E-state index contributed by atoms with van der Waals surface area (Å²) in [7, 11) is 0. The van der Waals surface area contributed by atoms with E-state index in [0.29, 0.717) is 47.6 Å². The number of aromatic amines is 1. The number of aryl methyl sites for hydroxylation is 1. The second-order valence-electron chi connectivity index (χ2n) is 9.88. The zero-order valence-corrected chi connectivity index (χ0v) is 21.3. The minimum absolute atomic E-state index is 0.0537. The Labute approximate surface area is 222 Å². The lowest BCUT2D eigenvalue weighted by Gasteiger charge is -2.22. The number of halogens is 3. The molecule has 0 saturated carbocycles. The van der Waals surface area contributed by atoms with Crippen LogP contribution in [0.15, 0.2) is 18.2 Å².